The number of hydrogen-bond acceptors (Lipinski definition) is 8. The summed E-state index contributed by atoms with van der Waals surface area (Å²) >= 11 is 0. The van der Waals surface area contributed by atoms with E-state index in [4.69, 9.17) is 18.5 Å². The van der Waals surface area contributed by atoms with Crippen molar-refractivity contribution in [3.8, 4) is 0 Å². The van der Waals surface area contributed by atoms with Gasteiger partial charge in [0.05, 0.1) is 27.7 Å². The largest absolute Gasteiger partial charge is 0.756 e. The second kappa shape index (κ2) is 75.8. The lowest BCUT2D eigenvalue weighted by atomic mass is 10.0. The first-order valence-electron chi connectivity index (χ1n) is 38.8. The summed E-state index contributed by atoms with van der Waals surface area (Å²) < 4.78 is 34.4. The lowest BCUT2D eigenvalue weighted by Crippen LogP contribution is -2.37. The van der Waals surface area contributed by atoms with Crippen LogP contribution in [0.4, 0.5) is 0 Å². The van der Waals surface area contributed by atoms with Gasteiger partial charge < -0.3 is 27.9 Å². The number of allylic oxidation sites excluding steroid dienone is 34. The Morgan fingerprint density at radius 1 is 0.316 bits per heavy atom. The van der Waals surface area contributed by atoms with Crippen molar-refractivity contribution in [1.29, 1.82) is 0 Å². The maximum Gasteiger partial charge on any atom is 0.306 e. The van der Waals surface area contributed by atoms with Gasteiger partial charge in [0, 0.05) is 12.8 Å². The molecule has 0 saturated heterocycles. The predicted molar refractivity (Wildman–Crippen MR) is 424 cm³/mol. The molecule has 2 unspecified atom stereocenters. The highest BCUT2D eigenvalue weighted by atomic mass is 31.2. The van der Waals surface area contributed by atoms with Crippen molar-refractivity contribution in [2.24, 2.45) is 0 Å². The van der Waals surface area contributed by atoms with Gasteiger partial charge in [0.2, 0.25) is 0 Å². The number of unbranched alkanes of at least 4 members (excludes halogenated alkanes) is 21. The number of rotatable bonds is 69. The average molecular weight is 1370 g/mol. The zero-order chi connectivity index (χ0) is 71.1. The minimum Gasteiger partial charge on any atom is -0.756 e. The van der Waals surface area contributed by atoms with Crippen LogP contribution in [-0.2, 0) is 32.7 Å². The highest BCUT2D eigenvalue weighted by Gasteiger charge is 2.22. The molecule has 0 spiro atoms. The number of quaternary nitrogens is 1. The third-order valence-corrected chi connectivity index (χ3v) is 16.8. The number of carbonyl (C=O) groups is 2. The summed E-state index contributed by atoms with van der Waals surface area (Å²) in [6, 6.07) is 0. The molecule has 0 rings (SSSR count). The summed E-state index contributed by atoms with van der Waals surface area (Å²) in [7, 11) is 1.14. The number of nitrogens with zero attached hydrogens (tertiary/aromatic N) is 1. The first-order chi connectivity index (χ1) is 48.0. The van der Waals surface area contributed by atoms with Crippen molar-refractivity contribution in [2.75, 3.05) is 47.5 Å². The van der Waals surface area contributed by atoms with Crippen LogP contribution in [-0.4, -0.2) is 70.0 Å². The number of carbonyl (C=O) groups excluding carboxylic acids is 2. The van der Waals surface area contributed by atoms with Gasteiger partial charge in [-0.05, 0) is 148 Å². The van der Waals surface area contributed by atoms with Crippen LogP contribution in [0.25, 0.3) is 0 Å². The molecule has 2 atom stereocenters. The zero-order valence-electron chi connectivity index (χ0n) is 62.9. The third kappa shape index (κ3) is 79.6. The molecule has 0 bridgehead atoms. The van der Waals surface area contributed by atoms with E-state index in [0.717, 1.165) is 161 Å². The summed E-state index contributed by atoms with van der Waals surface area (Å²) in [5.74, 6) is -0.851. The SMILES string of the molecule is CC/C=C\C/C=C\C/C=C\C/C=C\C/C=C\C/C=C\C/C=C\C/C=C\C/C=C\CCCCCCCCCCCCCC(=O)OC(COC(=O)CCCCCCCCCCCC/C=C\C/C=C\C/C=C\C/C=C\C/C=C\C/C=C\C/C=C\C/C=C\CC)COP(=O)([O-])OCC[N+](C)(C)C. The van der Waals surface area contributed by atoms with Crippen molar-refractivity contribution >= 4 is 19.8 Å². The molecule has 0 heterocycles. The number of esters is 2. The smallest absolute Gasteiger partial charge is 0.306 e. The lowest BCUT2D eigenvalue weighted by molar-refractivity contribution is -0.870. The molecule has 0 aliphatic heterocycles. The van der Waals surface area contributed by atoms with E-state index in [1.165, 1.54) is 83.5 Å². The van der Waals surface area contributed by atoms with Gasteiger partial charge in [-0.15, -0.1) is 0 Å². The van der Waals surface area contributed by atoms with Crippen LogP contribution in [0, 0.1) is 0 Å². The fourth-order valence-electron chi connectivity index (χ4n) is 9.96. The van der Waals surface area contributed by atoms with Gasteiger partial charge in [0.15, 0.2) is 6.10 Å². The Balaban J connectivity index is 4.10. The first kappa shape index (κ1) is 92.6. The van der Waals surface area contributed by atoms with Gasteiger partial charge in [-0.2, -0.15) is 0 Å². The molecule has 0 aromatic heterocycles. The van der Waals surface area contributed by atoms with E-state index in [-0.39, 0.29) is 26.1 Å². The number of ether oxygens (including phenoxy) is 2. The molecular formula is C88H142NO8P. The van der Waals surface area contributed by atoms with Gasteiger partial charge in [0.25, 0.3) is 7.82 Å². The van der Waals surface area contributed by atoms with E-state index in [1.54, 1.807) is 0 Å². The number of likely N-dealkylation sites (N-methyl/N-ethyl adjacent to an activating group) is 1. The van der Waals surface area contributed by atoms with Crippen molar-refractivity contribution in [1.82, 2.24) is 0 Å². The standard InChI is InChI=1S/C88H142NO8P/c1-6-8-10-12-14-16-18-20-22-24-26-28-30-32-34-36-38-40-42-43-44-45-47-49-51-53-55-57-59-61-63-65-67-69-71-73-75-77-79-81-88(91)97-86(85-96-98(92,93)95-83-82-89(3,4)5)84-94-87(90)80-78-76-74-72-70-68-66-64-62-60-58-56-54-52-50-48-46-41-39-37-35-33-31-29-27-25-23-21-19-17-15-13-11-9-7-2/h8-11,14-17,20-23,26-29,32-35,38-41,43-44,47-50,53-56,86H,6-7,12-13,18-19,24-25,30-31,36-37,42,45-46,51-52,57-85H2,1-5H3/b10-8-,11-9-,16-14-,17-15-,22-20-,23-21-,28-26-,29-27-,34-32-,35-33-,40-38-,41-39-,44-43-,49-47-,50-48-,55-53-,56-54-. The van der Waals surface area contributed by atoms with Crippen LogP contribution < -0.4 is 4.89 Å². The topological polar surface area (TPSA) is 111 Å². The van der Waals surface area contributed by atoms with E-state index in [0.29, 0.717) is 23.9 Å². The second-order valence-corrected chi connectivity index (χ2v) is 27.7. The first-order valence-corrected chi connectivity index (χ1v) is 40.3. The van der Waals surface area contributed by atoms with E-state index in [9.17, 15) is 19.0 Å². The Morgan fingerprint density at radius 2 is 0.551 bits per heavy atom. The van der Waals surface area contributed by atoms with Gasteiger partial charge >= 0.3 is 11.9 Å². The van der Waals surface area contributed by atoms with Gasteiger partial charge in [-0.3, -0.25) is 14.2 Å². The monoisotopic (exact) mass is 1370 g/mol. The summed E-state index contributed by atoms with van der Waals surface area (Å²) in [6.45, 7) is 3.99. The van der Waals surface area contributed by atoms with E-state index in [2.05, 4.69) is 220 Å². The molecule has 0 radical (unpaired) electrons. The molecule has 0 fully saturated rings. The zero-order valence-corrected chi connectivity index (χ0v) is 63.8. The van der Waals surface area contributed by atoms with Gasteiger partial charge in [-0.1, -0.05) is 330 Å². The van der Waals surface area contributed by atoms with Crippen LogP contribution in [0.5, 0.6) is 0 Å². The maximum absolute atomic E-state index is 12.9. The van der Waals surface area contributed by atoms with Crippen molar-refractivity contribution in [3.63, 3.8) is 0 Å². The van der Waals surface area contributed by atoms with E-state index in [1.807, 2.05) is 21.1 Å². The Hall–Kier alpha value is -5.41. The quantitative estimate of drug-likeness (QED) is 0.0195. The summed E-state index contributed by atoms with van der Waals surface area (Å²) in [4.78, 5) is 38.2. The Labute approximate surface area is 602 Å². The molecule has 0 aromatic rings. The molecule has 0 saturated carbocycles. The molecule has 0 aromatic carbocycles. The molecule has 552 valence electrons. The molecule has 0 amide bonds. The van der Waals surface area contributed by atoms with Gasteiger partial charge in [-0.25, -0.2) is 0 Å². The van der Waals surface area contributed by atoms with Crippen LogP contribution in [0.3, 0.4) is 0 Å². The average Bonchev–Trinajstić information content (AvgIpc) is 1.23. The second-order valence-electron chi connectivity index (χ2n) is 26.3. The third-order valence-electron chi connectivity index (χ3n) is 15.8. The fourth-order valence-corrected chi connectivity index (χ4v) is 10.7. The normalized spacial score (nSPS) is 14.2. The maximum atomic E-state index is 12.9. The Morgan fingerprint density at radius 3 is 0.816 bits per heavy atom. The van der Waals surface area contributed by atoms with Gasteiger partial charge in [0.1, 0.15) is 19.8 Å². The predicted octanol–water partition coefficient (Wildman–Crippen LogP) is 25.5. The number of hydrogen-bond donors (Lipinski definition) is 0. The number of phosphoric ester groups is 1. The van der Waals surface area contributed by atoms with Crippen LogP contribution in [0.15, 0.2) is 207 Å². The van der Waals surface area contributed by atoms with E-state index < -0.39 is 32.5 Å². The summed E-state index contributed by atoms with van der Waals surface area (Å²) in [6.07, 6.45) is 119. The molecule has 9 nitrogen and oxygen atoms in total. The molecule has 0 N–H and O–H groups in total. The molecule has 98 heavy (non-hydrogen) atoms. The summed E-state index contributed by atoms with van der Waals surface area (Å²) in [5.41, 5.74) is 0. The molecule has 0 aliphatic carbocycles. The highest BCUT2D eigenvalue weighted by molar-refractivity contribution is 7.45. The van der Waals surface area contributed by atoms with Crippen molar-refractivity contribution in [3.05, 3.63) is 207 Å². The molecule has 10 heteroatoms. The number of phosphoric acid groups is 1. The van der Waals surface area contributed by atoms with Crippen molar-refractivity contribution < 1.29 is 42.1 Å². The van der Waals surface area contributed by atoms with Crippen LogP contribution >= 0.6 is 7.82 Å². The minimum absolute atomic E-state index is 0.0419. The van der Waals surface area contributed by atoms with Crippen LogP contribution in [0.2, 0.25) is 0 Å². The van der Waals surface area contributed by atoms with E-state index >= 15 is 0 Å². The van der Waals surface area contributed by atoms with Crippen LogP contribution in [0.1, 0.15) is 284 Å². The molecular weight excluding hydrogens is 1230 g/mol. The Kier molecular flexibility index (Phi) is 71.6. The van der Waals surface area contributed by atoms with Crippen molar-refractivity contribution in [2.45, 2.75) is 290 Å². The summed E-state index contributed by atoms with van der Waals surface area (Å²) in [5, 5.41) is 0. The fraction of sp³-hybridized carbons (Fsp3) is 0.591. The lowest BCUT2D eigenvalue weighted by Gasteiger charge is -2.28. The highest BCUT2D eigenvalue weighted by Crippen LogP contribution is 2.38. The molecule has 0 aliphatic rings. The minimum atomic E-state index is -4.66. The Bertz CT molecular complexity index is 2410.